The maximum atomic E-state index is 10.4. The zero-order valence-electron chi connectivity index (χ0n) is 80.3. The summed E-state index contributed by atoms with van der Waals surface area (Å²) in [5.41, 5.74) is 25.4. The van der Waals surface area contributed by atoms with E-state index in [1.165, 1.54) is 56.9 Å². The molecule has 9 aromatic rings. The fourth-order valence-electron chi connectivity index (χ4n) is 16.8. The first-order chi connectivity index (χ1) is 62.1. The van der Waals surface area contributed by atoms with Crippen LogP contribution in [0.1, 0.15) is 255 Å². The summed E-state index contributed by atoms with van der Waals surface area (Å²) < 4.78 is 35.7. The molecule has 2 fully saturated rings. The smallest absolute Gasteiger partial charge is 0.124 e. The summed E-state index contributed by atoms with van der Waals surface area (Å²) in [5.74, 6) is 3.43. The van der Waals surface area contributed by atoms with Crippen LogP contribution in [0.5, 0.6) is 51.7 Å². The van der Waals surface area contributed by atoms with Gasteiger partial charge >= 0.3 is 0 Å². The lowest BCUT2D eigenvalue weighted by atomic mass is 9.82. The SMILES string of the molecule is COCc1c(C)c(C)cc(CCO)c1O.COCc1cc(C(C)(C)C)cc(CCO)c1O.COCc1cc(C)cc(CCO)c1O.COCc1cc(C)cc(Cc2cc(C)cc(CCO)c2O)c1O.COCc1cc(C2CCCCC2)cc(CCO)c1O.COCc1cc(CCO)cc(C2CCCCC2)c1O.COCc1cc(Cc2cc(C)c(O)c(CCO)c2)cc(C)c1O.[HH].[HH]. The molecular weight excluding hydrogens is 1650 g/mol. The van der Waals surface area contributed by atoms with E-state index in [0.29, 0.717) is 122 Å². The zero-order chi connectivity index (χ0) is 96.3. The number of phenols is 9. The Bertz CT molecular complexity index is 4730. The average molecular weight is 1810 g/mol. The van der Waals surface area contributed by atoms with E-state index in [-0.39, 0.29) is 101 Å². The molecule has 0 radical (unpaired) electrons. The molecule has 130 heavy (non-hydrogen) atoms. The van der Waals surface area contributed by atoms with Gasteiger partial charge in [-0.3, -0.25) is 0 Å². The summed E-state index contributed by atoms with van der Waals surface area (Å²) in [5, 5.41) is 155. The molecule has 2 saturated carbocycles. The largest absolute Gasteiger partial charge is 0.507 e. The lowest BCUT2D eigenvalue weighted by Gasteiger charge is -2.24. The van der Waals surface area contributed by atoms with Gasteiger partial charge in [-0.2, -0.15) is 0 Å². The molecule has 0 spiro atoms. The molecule has 0 atom stereocenters. The number of ether oxygens (including phenoxy) is 7. The third-order valence-electron chi connectivity index (χ3n) is 23.5. The normalized spacial score (nSPS) is 12.7. The van der Waals surface area contributed by atoms with Crippen LogP contribution >= 0.6 is 0 Å². The van der Waals surface area contributed by atoms with Crippen molar-refractivity contribution in [2.45, 2.75) is 255 Å². The fraction of sp³-hybridized carbons (Fsp3) is 0.495. The Hall–Kier alpha value is -9.38. The minimum atomic E-state index is -0.00979. The Balaban J connectivity index is 0.000000398. The molecule has 23 heteroatoms. The third kappa shape index (κ3) is 34.3. The lowest BCUT2D eigenvalue weighted by molar-refractivity contribution is 0.181. The third-order valence-corrected chi connectivity index (χ3v) is 23.5. The number of aryl methyl sites for hydroxylation is 6. The minimum absolute atomic E-state index is 0. The van der Waals surface area contributed by atoms with Gasteiger partial charge in [0.15, 0.2) is 0 Å². The molecule has 0 amide bonds. The van der Waals surface area contributed by atoms with E-state index < -0.39 is 0 Å². The number of aliphatic hydroxyl groups is 7. The summed E-state index contributed by atoms with van der Waals surface area (Å²) >= 11 is 0. The molecule has 2 aliphatic rings. The summed E-state index contributed by atoms with van der Waals surface area (Å²) in [6.07, 6.45) is 17.0. The molecule has 722 valence electrons. The highest BCUT2D eigenvalue weighted by Crippen LogP contribution is 2.42. The molecule has 16 N–H and O–H groups in total. The highest BCUT2D eigenvalue weighted by Gasteiger charge is 2.25. The molecule has 11 rings (SSSR count). The highest BCUT2D eigenvalue weighted by molar-refractivity contribution is 5.54. The zero-order valence-corrected chi connectivity index (χ0v) is 80.3. The number of aliphatic hydroxyl groups excluding tert-OH is 7. The van der Waals surface area contributed by atoms with E-state index in [9.17, 15) is 46.0 Å². The number of rotatable bonds is 34. The van der Waals surface area contributed by atoms with Crippen molar-refractivity contribution in [3.05, 3.63) is 259 Å². The number of hydrogen-bond donors (Lipinski definition) is 16. The fourth-order valence-corrected chi connectivity index (χ4v) is 16.8. The molecule has 0 unspecified atom stereocenters. The highest BCUT2D eigenvalue weighted by atomic mass is 16.5. The van der Waals surface area contributed by atoms with Gasteiger partial charge in [0.2, 0.25) is 0 Å². The van der Waals surface area contributed by atoms with Gasteiger partial charge in [0.05, 0.1) is 46.2 Å². The van der Waals surface area contributed by atoms with Crippen LogP contribution in [0.3, 0.4) is 0 Å². The molecule has 0 aromatic heterocycles. The summed E-state index contributed by atoms with van der Waals surface area (Å²) in [6, 6.07) is 33.2. The van der Waals surface area contributed by atoms with Gasteiger partial charge in [-0.15, -0.1) is 0 Å². The summed E-state index contributed by atoms with van der Waals surface area (Å²) in [7, 11) is 11.3. The molecule has 9 aromatic carbocycles. The topological polar surface area (TPSA) is 388 Å². The van der Waals surface area contributed by atoms with Crippen molar-refractivity contribution < 1.29 is 118 Å². The molecule has 23 nitrogen and oxygen atoms in total. The Morgan fingerprint density at radius 2 is 0.562 bits per heavy atom. The molecule has 0 heterocycles. The van der Waals surface area contributed by atoms with Gasteiger partial charge in [0, 0.05) is 144 Å². The van der Waals surface area contributed by atoms with Crippen molar-refractivity contribution in [1.29, 1.82) is 0 Å². The van der Waals surface area contributed by atoms with Gasteiger partial charge in [0.1, 0.15) is 51.7 Å². The van der Waals surface area contributed by atoms with Crippen molar-refractivity contribution >= 4 is 0 Å². The standard InChI is InChI=1S/2C19H24O4.2C16H24O3.C14H22O3.C12H18O3.C11H16O3.2H2/c1-12-6-14(9-16(4-5-20)18(12)21)8-15-7-13(2)19(22)17(10-15)11-23-3;1-12-6-14(4-5-20)18(21)15(7-12)10-16-8-13(2)9-17(11-23-3)19(16)22;1-19-11-14-9-12(7-8-17)10-15(16(14)18)13-5-3-2-4-6-13;1-19-11-15-10-14(12-5-3-2-4-6-12)9-13(7-8-17)16(15)18;1-14(2,3)12-7-10(5-6-15)13(16)11(8-12)9-17-4;1-8-6-10(4-5-13)12(14)11(7-15-3)9(8)2;1-8-5-9(3-4-12)11(13)10(6-8)7-14-2;;/h6-7,9-10,20-22H,4-5,8,11H2,1-3H3;6-9,20-22H,4-5,10-11H2,1-3H3;9-10,13,17-18H,2-8,11H2,1H3;9-10,12,17-18H,2-8,11H2,1H3;7-8,15-16H,5-6,9H2,1-4H3;6,13-14H,4-5,7H2,1-3H3;5-6,12-13H,3-4,7H2,1-2H3;2*1H. The Morgan fingerprint density at radius 1 is 0.269 bits per heavy atom. The summed E-state index contributed by atoms with van der Waals surface area (Å²) in [6.45, 7) is 23.0. The average Bonchev–Trinajstić information content (AvgIpc) is 0.911. The maximum absolute atomic E-state index is 10.4. The first-order valence-electron chi connectivity index (χ1n) is 45.2. The monoisotopic (exact) mass is 1810 g/mol. The lowest BCUT2D eigenvalue weighted by Crippen LogP contribution is -2.13. The van der Waals surface area contributed by atoms with Crippen LogP contribution in [0.25, 0.3) is 0 Å². The Morgan fingerprint density at radius 3 is 0.969 bits per heavy atom. The first kappa shape index (κ1) is 111. The number of phenolic OH excluding ortho intramolecular Hbond substituents is 9. The quantitative estimate of drug-likeness (QED) is 0.0178. The number of aromatic hydroxyl groups is 9. The second kappa shape index (κ2) is 57.8. The number of methoxy groups -OCH3 is 7. The molecule has 0 aliphatic heterocycles. The molecule has 2 aliphatic carbocycles. The minimum Gasteiger partial charge on any atom is -0.507 e. The van der Waals surface area contributed by atoms with Crippen LogP contribution in [0.2, 0.25) is 0 Å². The predicted molar refractivity (Wildman–Crippen MR) is 517 cm³/mol. The van der Waals surface area contributed by atoms with Gasteiger partial charge in [-0.1, -0.05) is 155 Å². The molecule has 0 bridgehead atoms. The van der Waals surface area contributed by atoms with Crippen molar-refractivity contribution in [2.75, 3.05) is 96.0 Å². The number of hydrogen-bond acceptors (Lipinski definition) is 23. The van der Waals surface area contributed by atoms with E-state index in [2.05, 4.69) is 39.0 Å². The Kier molecular flexibility index (Phi) is 49.4. The van der Waals surface area contributed by atoms with Crippen LogP contribution in [-0.4, -0.2) is 178 Å². The summed E-state index contributed by atoms with van der Waals surface area (Å²) in [4.78, 5) is 0. The van der Waals surface area contributed by atoms with Crippen LogP contribution in [0.4, 0.5) is 0 Å². The second-order valence-corrected chi connectivity index (χ2v) is 35.1. The van der Waals surface area contributed by atoms with Crippen molar-refractivity contribution in [3.63, 3.8) is 0 Å². The van der Waals surface area contributed by atoms with E-state index in [0.717, 1.165) is 163 Å². The number of benzene rings is 9. The van der Waals surface area contributed by atoms with E-state index in [4.69, 9.17) is 68.9 Å². The van der Waals surface area contributed by atoms with Gasteiger partial charge in [-0.25, -0.2) is 0 Å². The second-order valence-electron chi connectivity index (χ2n) is 35.1. The van der Waals surface area contributed by atoms with Crippen molar-refractivity contribution in [2.24, 2.45) is 0 Å². The van der Waals surface area contributed by atoms with Gasteiger partial charge < -0.3 is 115 Å². The maximum Gasteiger partial charge on any atom is 0.124 e. The van der Waals surface area contributed by atoms with E-state index in [1.54, 1.807) is 49.8 Å². The van der Waals surface area contributed by atoms with Crippen LogP contribution in [0.15, 0.2) is 103 Å². The van der Waals surface area contributed by atoms with Gasteiger partial charge in [-0.05, 0) is 267 Å². The molecule has 0 saturated heterocycles. The van der Waals surface area contributed by atoms with Crippen LogP contribution in [0, 0.1) is 48.5 Å². The van der Waals surface area contributed by atoms with Gasteiger partial charge in [0.25, 0.3) is 0 Å². The Labute approximate surface area is 775 Å². The first-order valence-corrected chi connectivity index (χ1v) is 45.2. The van der Waals surface area contributed by atoms with Crippen molar-refractivity contribution in [1.82, 2.24) is 0 Å². The van der Waals surface area contributed by atoms with E-state index in [1.807, 2.05) is 133 Å². The molecular formula is C107H156O23. The van der Waals surface area contributed by atoms with E-state index >= 15 is 0 Å². The van der Waals surface area contributed by atoms with Crippen molar-refractivity contribution in [3.8, 4) is 51.7 Å². The predicted octanol–water partition coefficient (Wildman–Crippen LogP) is 18.2. The van der Waals surface area contributed by atoms with Crippen LogP contribution < -0.4 is 0 Å². The van der Waals surface area contributed by atoms with Crippen LogP contribution in [-0.2, 0) is 143 Å².